The number of aromatic amines is 2. The van der Waals surface area contributed by atoms with Gasteiger partial charge >= 0.3 is 11.9 Å². The van der Waals surface area contributed by atoms with Gasteiger partial charge in [0.2, 0.25) is 0 Å². The first kappa shape index (κ1) is 31.7. The molecular formula is C34H36N4O6. The number of hydrogen-bond acceptors (Lipinski definition) is 4. The van der Waals surface area contributed by atoms with E-state index in [0.29, 0.717) is 55.8 Å². The topological polar surface area (TPSA) is 165 Å². The van der Waals surface area contributed by atoms with Crippen molar-refractivity contribution in [1.29, 1.82) is 0 Å². The SMILES string of the molecule is C=CC1=C(C)C(=O)N=C1/C=c1/[nH]/c(=C\c2[nH]c(/C=C3\NC(=O)C(C)=C3C=C)cc2CC(C)C(=O)O)c(CC(C)C(=O)O)c1C. The van der Waals surface area contributed by atoms with E-state index in [1.165, 1.54) is 0 Å². The van der Waals surface area contributed by atoms with Gasteiger partial charge in [-0.1, -0.05) is 39.2 Å². The van der Waals surface area contributed by atoms with Crippen molar-refractivity contribution in [3.05, 3.63) is 98.1 Å². The number of nitrogens with one attached hydrogen (secondary N) is 3. The van der Waals surface area contributed by atoms with Gasteiger partial charge in [0.05, 0.1) is 23.2 Å². The molecule has 0 saturated heterocycles. The van der Waals surface area contributed by atoms with E-state index in [-0.39, 0.29) is 24.7 Å². The summed E-state index contributed by atoms with van der Waals surface area (Å²) in [6, 6.07) is 1.84. The summed E-state index contributed by atoms with van der Waals surface area (Å²) in [6.45, 7) is 16.1. The number of aliphatic imine (C=N–C) groups is 1. The molecule has 0 aliphatic carbocycles. The molecular weight excluding hydrogens is 560 g/mol. The summed E-state index contributed by atoms with van der Waals surface area (Å²) in [5, 5.41) is 23.4. The summed E-state index contributed by atoms with van der Waals surface area (Å²) < 4.78 is 0. The number of carbonyl (C=O) groups is 4. The Kier molecular flexibility index (Phi) is 9.03. The van der Waals surface area contributed by atoms with Crippen LogP contribution in [0.2, 0.25) is 0 Å². The van der Waals surface area contributed by atoms with Crippen molar-refractivity contribution in [2.45, 2.75) is 47.5 Å². The van der Waals surface area contributed by atoms with Gasteiger partial charge in [0, 0.05) is 44.4 Å². The molecule has 2 atom stereocenters. The lowest BCUT2D eigenvalue weighted by Gasteiger charge is -2.07. The Balaban J connectivity index is 1.93. The molecule has 4 rings (SSSR count). The van der Waals surface area contributed by atoms with E-state index in [1.54, 1.807) is 52.0 Å². The fourth-order valence-electron chi connectivity index (χ4n) is 5.28. The Hall–Kier alpha value is -5.25. The van der Waals surface area contributed by atoms with Crippen LogP contribution in [-0.4, -0.2) is 49.6 Å². The summed E-state index contributed by atoms with van der Waals surface area (Å²) in [6.07, 6.45) is 8.99. The molecule has 2 unspecified atom stereocenters. The quantitative estimate of drug-likeness (QED) is 0.267. The third-order valence-corrected chi connectivity index (χ3v) is 8.07. The average molecular weight is 597 g/mol. The molecule has 44 heavy (non-hydrogen) atoms. The van der Waals surface area contributed by atoms with E-state index in [9.17, 15) is 29.4 Å². The highest BCUT2D eigenvalue weighted by molar-refractivity contribution is 6.32. The Labute approximate surface area is 254 Å². The number of aromatic nitrogens is 2. The van der Waals surface area contributed by atoms with Crippen LogP contribution in [-0.2, 0) is 32.0 Å². The first-order valence-electron chi connectivity index (χ1n) is 14.2. The second-order valence-corrected chi connectivity index (χ2v) is 11.2. The zero-order chi connectivity index (χ0) is 32.5. The molecule has 4 heterocycles. The van der Waals surface area contributed by atoms with Crippen LogP contribution in [0.15, 0.2) is 64.4 Å². The van der Waals surface area contributed by atoms with Crippen LogP contribution in [0.1, 0.15) is 55.8 Å². The van der Waals surface area contributed by atoms with Gasteiger partial charge in [-0.25, -0.2) is 4.99 Å². The maximum atomic E-state index is 12.3. The van der Waals surface area contributed by atoms with Crippen LogP contribution >= 0.6 is 0 Å². The van der Waals surface area contributed by atoms with Gasteiger partial charge in [-0.3, -0.25) is 19.2 Å². The van der Waals surface area contributed by atoms with Gasteiger partial charge in [0.15, 0.2) is 0 Å². The lowest BCUT2D eigenvalue weighted by atomic mass is 9.98. The number of H-pyrrole nitrogens is 2. The summed E-state index contributed by atoms with van der Waals surface area (Å²) in [5.41, 5.74) is 6.94. The van der Waals surface area contributed by atoms with Crippen molar-refractivity contribution >= 4 is 47.7 Å². The molecule has 2 aliphatic rings. The fourth-order valence-corrected chi connectivity index (χ4v) is 5.28. The largest absolute Gasteiger partial charge is 0.481 e. The fraction of sp³-hybridized carbons (Fsp3) is 0.265. The number of amides is 2. The van der Waals surface area contributed by atoms with Crippen molar-refractivity contribution in [3.8, 4) is 0 Å². The number of carboxylic acid groups (broad SMARTS) is 2. The third kappa shape index (κ3) is 6.24. The summed E-state index contributed by atoms with van der Waals surface area (Å²) in [5.74, 6) is -3.80. The van der Waals surface area contributed by atoms with Crippen LogP contribution < -0.4 is 16.0 Å². The number of carbonyl (C=O) groups excluding carboxylic acids is 2. The van der Waals surface area contributed by atoms with Gasteiger partial charge in [-0.05, 0) is 74.6 Å². The second kappa shape index (κ2) is 12.5. The van der Waals surface area contributed by atoms with E-state index in [4.69, 9.17) is 0 Å². The van der Waals surface area contributed by atoms with Crippen LogP contribution in [0.3, 0.4) is 0 Å². The normalized spacial score (nSPS) is 18.3. The third-order valence-electron chi connectivity index (χ3n) is 8.07. The standard InChI is InChI=1S/C34H36N4O6/c1-8-23-19(6)31(39)37-28(23)13-22-12-21(10-16(3)33(41)42)27(35-22)15-30-25(11-17(4)34(43)44)18(5)26(36-30)14-29-24(9-2)20(7)32(40)38-29/h8-9,12-17,35-36H,1-2,10-11H2,3-7H3,(H,37,39)(H,41,42)(H,43,44)/b26-14+,28-13-,30-15-. The zero-order valence-electron chi connectivity index (χ0n) is 25.4. The predicted molar refractivity (Wildman–Crippen MR) is 169 cm³/mol. The minimum Gasteiger partial charge on any atom is -0.481 e. The van der Waals surface area contributed by atoms with Crippen molar-refractivity contribution in [3.63, 3.8) is 0 Å². The van der Waals surface area contributed by atoms with E-state index in [0.717, 1.165) is 16.7 Å². The minimum atomic E-state index is -0.940. The van der Waals surface area contributed by atoms with Gasteiger partial charge in [-0.2, -0.15) is 0 Å². The van der Waals surface area contributed by atoms with Crippen LogP contribution in [0, 0.1) is 18.8 Å². The molecule has 10 nitrogen and oxygen atoms in total. The first-order valence-corrected chi connectivity index (χ1v) is 14.2. The molecule has 228 valence electrons. The summed E-state index contributed by atoms with van der Waals surface area (Å²) in [4.78, 5) is 59.0. The highest BCUT2D eigenvalue weighted by atomic mass is 16.4. The molecule has 0 spiro atoms. The van der Waals surface area contributed by atoms with Crippen molar-refractivity contribution in [2.24, 2.45) is 16.8 Å². The first-order chi connectivity index (χ1) is 20.7. The van der Waals surface area contributed by atoms with Crippen molar-refractivity contribution in [2.75, 3.05) is 0 Å². The van der Waals surface area contributed by atoms with E-state index >= 15 is 0 Å². The van der Waals surface area contributed by atoms with Crippen LogP contribution in [0.25, 0.3) is 18.2 Å². The number of hydrogen-bond donors (Lipinski definition) is 5. The van der Waals surface area contributed by atoms with Gasteiger partial charge in [0.25, 0.3) is 11.8 Å². The van der Waals surface area contributed by atoms with Crippen LogP contribution in [0.5, 0.6) is 0 Å². The lowest BCUT2D eigenvalue weighted by molar-refractivity contribution is -0.142. The smallest absolute Gasteiger partial charge is 0.306 e. The van der Waals surface area contributed by atoms with E-state index in [2.05, 4.69) is 33.4 Å². The molecule has 2 aromatic heterocycles. The van der Waals surface area contributed by atoms with Crippen molar-refractivity contribution < 1.29 is 29.4 Å². The van der Waals surface area contributed by atoms with E-state index in [1.807, 2.05) is 19.1 Å². The monoisotopic (exact) mass is 596 g/mol. The summed E-state index contributed by atoms with van der Waals surface area (Å²) >= 11 is 0. The Morgan fingerprint density at radius 1 is 0.886 bits per heavy atom. The number of allylic oxidation sites excluding steroid dienone is 3. The zero-order valence-corrected chi connectivity index (χ0v) is 25.4. The molecule has 0 radical (unpaired) electrons. The molecule has 0 aromatic carbocycles. The Morgan fingerprint density at radius 3 is 2.14 bits per heavy atom. The highest BCUT2D eigenvalue weighted by Crippen LogP contribution is 2.25. The number of rotatable bonds is 11. The molecule has 10 heteroatoms. The molecule has 5 N–H and O–H groups in total. The predicted octanol–water partition coefficient (Wildman–Crippen LogP) is 3.24. The molecule has 0 bridgehead atoms. The van der Waals surface area contributed by atoms with Crippen LogP contribution in [0.4, 0.5) is 0 Å². The number of carboxylic acids is 2. The van der Waals surface area contributed by atoms with Gasteiger partial charge in [0.1, 0.15) is 0 Å². The Morgan fingerprint density at radius 2 is 1.52 bits per heavy atom. The maximum absolute atomic E-state index is 12.3. The molecule has 0 saturated carbocycles. The second-order valence-electron chi connectivity index (χ2n) is 11.2. The molecule has 2 aliphatic heterocycles. The lowest BCUT2D eigenvalue weighted by Crippen LogP contribution is -2.18. The summed E-state index contributed by atoms with van der Waals surface area (Å²) in [7, 11) is 0. The maximum Gasteiger partial charge on any atom is 0.306 e. The minimum absolute atomic E-state index is 0.217. The number of nitrogens with zero attached hydrogens (tertiary/aromatic N) is 1. The van der Waals surface area contributed by atoms with E-state index < -0.39 is 23.8 Å². The molecule has 0 fully saturated rings. The average Bonchev–Trinajstić information content (AvgIpc) is 3.64. The molecule has 2 amide bonds. The highest BCUT2D eigenvalue weighted by Gasteiger charge is 2.24. The molecule has 2 aromatic rings. The number of aliphatic carboxylic acids is 2. The Bertz CT molecular complexity index is 1870. The van der Waals surface area contributed by atoms with Gasteiger partial charge in [-0.15, -0.1) is 0 Å². The van der Waals surface area contributed by atoms with Gasteiger partial charge < -0.3 is 25.5 Å². The van der Waals surface area contributed by atoms with Crippen molar-refractivity contribution in [1.82, 2.24) is 15.3 Å².